The van der Waals surface area contributed by atoms with Crippen LogP contribution in [-0.4, -0.2) is 55.9 Å². The molecule has 5 nitrogen and oxygen atoms in total. The van der Waals surface area contributed by atoms with Gasteiger partial charge in [0.25, 0.3) is 0 Å². The van der Waals surface area contributed by atoms with Gasteiger partial charge in [0, 0.05) is 19.2 Å². The third kappa shape index (κ3) is 2.88. The van der Waals surface area contributed by atoms with Crippen molar-refractivity contribution in [1.82, 2.24) is 5.01 Å². The second kappa shape index (κ2) is 7.06. The molecule has 1 saturated heterocycles. The number of rotatable bonds is 5. The lowest BCUT2D eigenvalue weighted by Gasteiger charge is -2.23. The van der Waals surface area contributed by atoms with Gasteiger partial charge in [0.15, 0.2) is 0 Å². The molecule has 0 radical (unpaired) electrons. The van der Waals surface area contributed by atoms with Gasteiger partial charge in [-0.1, -0.05) is 17.7 Å². The Morgan fingerprint density at radius 3 is 2.96 bits per heavy atom. The number of nitrogens with zero attached hydrogens (tertiary/aromatic N) is 3. The fourth-order valence-electron chi connectivity index (χ4n) is 3.27. The SMILES string of the molecule is COCCOC1C(c2ccc(C#N)c(Cl)c2C)=NN2CCC(F)C12. The third-order valence-electron chi connectivity index (χ3n) is 4.53. The summed E-state index contributed by atoms with van der Waals surface area (Å²) in [5, 5.41) is 15.9. The minimum atomic E-state index is -0.979. The standard InChI is InChI=1S/C17H19ClFN3O2/c1-10-12(4-3-11(9-20)14(10)18)15-17(24-8-7-23-2)16-13(19)5-6-22(16)21-15/h3-4,13,16-17H,5-8H2,1-2H3. The first-order valence-corrected chi connectivity index (χ1v) is 8.25. The van der Waals surface area contributed by atoms with Gasteiger partial charge in [0.1, 0.15) is 24.4 Å². The van der Waals surface area contributed by atoms with Gasteiger partial charge in [-0.05, 0) is 25.0 Å². The van der Waals surface area contributed by atoms with Crippen LogP contribution in [0, 0.1) is 18.3 Å². The van der Waals surface area contributed by atoms with Crippen LogP contribution in [0.5, 0.6) is 0 Å². The predicted octanol–water partition coefficient (Wildman–Crippen LogP) is 2.68. The van der Waals surface area contributed by atoms with Gasteiger partial charge in [-0.3, -0.25) is 5.01 Å². The van der Waals surface area contributed by atoms with Crippen molar-refractivity contribution in [2.75, 3.05) is 26.9 Å². The van der Waals surface area contributed by atoms with E-state index in [0.717, 1.165) is 11.1 Å². The number of nitriles is 1. The van der Waals surface area contributed by atoms with Crippen LogP contribution in [0.3, 0.4) is 0 Å². The molecule has 0 N–H and O–H groups in total. The molecule has 24 heavy (non-hydrogen) atoms. The summed E-state index contributed by atoms with van der Waals surface area (Å²) in [7, 11) is 1.59. The fraction of sp³-hybridized carbons (Fsp3) is 0.529. The Kier molecular flexibility index (Phi) is 5.04. The topological polar surface area (TPSA) is 57.9 Å². The first-order valence-electron chi connectivity index (χ1n) is 7.87. The quantitative estimate of drug-likeness (QED) is 0.765. The number of hydrogen-bond donors (Lipinski definition) is 0. The molecule has 0 aliphatic carbocycles. The van der Waals surface area contributed by atoms with Gasteiger partial charge in [0.2, 0.25) is 0 Å². The normalized spacial score (nSPS) is 25.5. The number of hydrogen-bond acceptors (Lipinski definition) is 5. The van der Waals surface area contributed by atoms with E-state index in [2.05, 4.69) is 11.2 Å². The summed E-state index contributed by atoms with van der Waals surface area (Å²) < 4.78 is 25.3. The van der Waals surface area contributed by atoms with Gasteiger partial charge in [-0.15, -0.1) is 0 Å². The molecule has 128 valence electrons. The van der Waals surface area contributed by atoms with Gasteiger partial charge in [0.05, 0.1) is 29.5 Å². The Hall–Kier alpha value is -1.68. The highest BCUT2D eigenvalue weighted by Crippen LogP contribution is 2.35. The number of methoxy groups -OCH3 is 1. The molecule has 3 atom stereocenters. The van der Waals surface area contributed by atoms with Crippen LogP contribution < -0.4 is 0 Å². The average Bonchev–Trinajstić information content (AvgIpc) is 3.11. The van der Waals surface area contributed by atoms with Crippen molar-refractivity contribution in [3.05, 3.63) is 33.8 Å². The van der Waals surface area contributed by atoms with Crippen LogP contribution in [0.1, 0.15) is 23.1 Å². The van der Waals surface area contributed by atoms with Gasteiger partial charge < -0.3 is 9.47 Å². The second-order valence-corrected chi connectivity index (χ2v) is 6.32. The Balaban J connectivity index is 1.96. The first-order chi connectivity index (χ1) is 11.6. The summed E-state index contributed by atoms with van der Waals surface area (Å²) in [6.07, 6.45) is -0.994. The smallest absolute Gasteiger partial charge is 0.127 e. The highest BCUT2D eigenvalue weighted by molar-refractivity contribution is 6.33. The van der Waals surface area contributed by atoms with E-state index < -0.39 is 18.3 Å². The minimum Gasteiger partial charge on any atom is -0.382 e. The molecule has 0 spiro atoms. The van der Waals surface area contributed by atoms with Crippen LogP contribution in [-0.2, 0) is 9.47 Å². The Morgan fingerprint density at radius 2 is 2.25 bits per heavy atom. The van der Waals surface area contributed by atoms with Crippen molar-refractivity contribution in [2.45, 2.75) is 31.7 Å². The van der Waals surface area contributed by atoms with Crippen LogP contribution in [0.15, 0.2) is 17.2 Å². The number of ether oxygens (including phenoxy) is 2. The van der Waals surface area contributed by atoms with E-state index in [4.69, 9.17) is 26.3 Å². The Bertz CT molecular complexity index is 704. The van der Waals surface area contributed by atoms with Crippen LogP contribution >= 0.6 is 11.6 Å². The molecular weight excluding hydrogens is 333 g/mol. The molecule has 2 aliphatic rings. The monoisotopic (exact) mass is 351 g/mol. The lowest BCUT2D eigenvalue weighted by atomic mass is 9.94. The predicted molar refractivity (Wildman–Crippen MR) is 89.1 cm³/mol. The van der Waals surface area contributed by atoms with Crippen molar-refractivity contribution in [3.8, 4) is 6.07 Å². The summed E-state index contributed by atoms with van der Waals surface area (Å²) in [5.41, 5.74) is 2.63. The van der Waals surface area contributed by atoms with E-state index in [1.807, 2.05) is 6.92 Å². The zero-order valence-corrected chi connectivity index (χ0v) is 14.4. The molecule has 0 bridgehead atoms. The van der Waals surface area contributed by atoms with Crippen molar-refractivity contribution in [1.29, 1.82) is 5.26 Å². The van der Waals surface area contributed by atoms with Crippen LogP contribution in [0.2, 0.25) is 5.02 Å². The van der Waals surface area contributed by atoms with Crippen molar-refractivity contribution >= 4 is 17.3 Å². The summed E-state index contributed by atoms with van der Waals surface area (Å²) in [4.78, 5) is 0. The Morgan fingerprint density at radius 1 is 1.46 bits per heavy atom. The third-order valence-corrected chi connectivity index (χ3v) is 5.02. The van der Waals surface area contributed by atoms with E-state index in [1.165, 1.54) is 0 Å². The lowest BCUT2D eigenvalue weighted by molar-refractivity contribution is 0.0103. The van der Waals surface area contributed by atoms with E-state index in [1.54, 1.807) is 24.3 Å². The van der Waals surface area contributed by atoms with E-state index in [-0.39, 0.29) is 0 Å². The average molecular weight is 352 g/mol. The molecule has 1 fully saturated rings. The zero-order valence-electron chi connectivity index (χ0n) is 13.6. The number of halogens is 2. The fourth-order valence-corrected chi connectivity index (χ4v) is 3.48. The molecular formula is C17H19ClFN3O2. The van der Waals surface area contributed by atoms with Crippen molar-refractivity contribution < 1.29 is 13.9 Å². The molecule has 1 aromatic rings. The van der Waals surface area contributed by atoms with Crippen LogP contribution in [0.4, 0.5) is 4.39 Å². The first kappa shape index (κ1) is 17.2. The summed E-state index contributed by atoms with van der Waals surface area (Å²) >= 11 is 6.27. The number of hydrazone groups is 1. The summed E-state index contributed by atoms with van der Waals surface area (Å²) in [6, 6.07) is 5.12. The summed E-state index contributed by atoms with van der Waals surface area (Å²) in [5.74, 6) is 0. The number of benzene rings is 1. The van der Waals surface area contributed by atoms with Gasteiger partial charge in [-0.2, -0.15) is 10.4 Å². The minimum absolute atomic E-state index is 0.361. The van der Waals surface area contributed by atoms with E-state index >= 15 is 0 Å². The molecule has 0 saturated carbocycles. The molecule has 1 aromatic carbocycles. The van der Waals surface area contributed by atoms with E-state index in [9.17, 15) is 4.39 Å². The highest BCUT2D eigenvalue weighted by atomic mass is 35.5. The largest absolute Gasteiger partial charge is 0.382 e. The van der Waals surface area contributed by atoms with Crippen molar-refractivity contribution in [2.24, 2.45) is 5.10 Å². The van der Waals surface area contributed by atoms with Crippen LogP contribution in [0.25, 0.3) is 0 Å². The molecule has 2 aliphatic heterocycles. The maximum atomic E-state index is 14.3. The zero-order chi connectivity index (χ0) is 17.3. The Labute approximate surface area is 145 Å². The van der Waals surface area contributed by atoms with E-state index in [0.29, 0.717) is 42.5 Å². The molecule has 2 heterocycles. The molecule has 7 heteroatoms. The second-order valence-electron chi connectivity index (χ2n) is 5.94. The van der Waals surface area contributed by atoms with Crippen molar-refractivity contribution in [3.63, 3.8) is 0 Å². The number of alkyl halides is 1. The highest BCUT2D eigenvalue weighted by Gasteiger charge is 2.47. The molecule has 3 rings (SSSR count). The maximum Gasteiger partial charge on any atom is 0.127 e. The van der Waals surface area contributed by atoms with Gasteiger partial charge in [-0.25, -0.2) is 4.39 Å². The summed E-state index contributed by atoms with van der Waals surface area (Å²) in [6.45, 7) is 3.20. The van der Waals surface area contributed by atoms with Gasteiger partial charge >= 0.3 is 0 Å². The number of fused-ring (bicyclic) bond motifs is 1. The lowest BCUT2D eigenvalue weighted by Crippen LogP contribution is -2.41. The molecule has 3 unspecified atom stereocenters. The molecule has 0 amide bonds. The molecule has 0 aromatic heterocycles. The maximum absolute atomic E-state index is 14.3.